The van der Waals surface area contributed by atoms with Crippen LogP contribution in [-0.4, -0.2) is 93.1 Å². The highest BCUT2D eigenvalue weighted by molar-refractivity contribution is 7.92. The molecule has 3 amide bonds. The SMILES string of the molecule is Cc1[nH]nc(Nc2nc(OCC3CCN(CCCCCCc4cccc5c4CN([C@H]4CCC(=O)NC4=O)C5=O)CC3)nc3ccc(S(=O)(=O)C(C)(C)C)cc23)c1C. The van der Waals surface area contributed by atoms with E-state index in [0.717, 1.165) is 81.4 Å². The van der Waals surface area contributed by atoms with Gasteiger partial charge >= 0.3 is 6.01 Å². The number of ether oxygens (including phenoxy) is 1. The fourth-order valence-corrected chi connectivity index (χ4v) is 9.17. The minimum absolute atomic E-state index is 0.122. The van der Waals surface area contributed by atoms with Gasteiger partial charge in [-0.05, 0) is 134 Å². The minimum Gasteiger partial charge on any atom is -0.463 e. The number of imide groups is 1. The molecule has 2 saturated heterocycles. The number of carbonyl (C=O) groups excluding carboxylic acids is 3. The molecule has 0 bridgehead atoms. The van der Waals surface area contributed by atoms with Gasteiger partial charge in [0, 0.05) is 35.2 Å². The molecule has 4 aromatic rings. The quantitative estimate of drug-likeness (QED) is 0.102. The highest BCUT2D eigenvalue weighted by Gasteiger charge is 2.39. The molecular formula is C42H54N8O6S. The van der Waals surface area contributed by atoms with Crippen LogP contribution in [0.1, 0.15) is 105 Å². The Bertz CT molecular complexity index is 2280. The van der Waals surface area contributed by atoms with Gasteiger partial charge in [-0.15, -0.1) is 0 Å². The predicted molar refractivity (Wildman–Crippen MR) is 217 cm³/mol. The third-order valence-corrected chi connectivity index (χ3v) is 14.2. The Morgan fingerprint density at radius 2 is 1.72 bits per heavy atom. The first-order valence-electron chi connectivity index (χ1n) is 20.1. The summed E-state index contributed by atoms with van der Waals surface area (Å²) >= 11 is 0. The summed E-state index contributed by atoms with van der Waals surface area (Å²) in [5.41, 5.74) is 5.30. The first-order valence-corrected chi connectivity index (χ1v) is 21.6. The molecule has 15 heteroatoms. The van der Waals surface area contributed by atoms with Crippen LogP contribution in [0, 0.1) is 19.8 Å². The highest BCUT2D eigenvalue weighted by Crippen LogP contribution is 2.34. The lowest BCUT2D eigenvalue weighted by Crippen LogP contribution is -2.52. The van der Waals surface area contributed by atoms with Gasteiger partial charge in [0.1, 0.15) is 11.9 Å². The van der Waals surface area contributed by atoms with E-state index in [2.05, 4.69) is 36.8 Å². The molecule has 0 aliphatic carbocycles. The summed E-state index contributed by atoms with van der Waals surface area (Å²) in [4.78, 5) is 51.0. The van der Waals surface area contributed by atoms with E-state index in [1.54, 1.807) is 43.9 Å². The molecule has 0 spiro atoms. The number of piperidine rings is 2. The Balaban J connectivity index is 0.873. The van der Waals surface area contributed by atoms with E-state index in [9.17, 15) is 22.8 Å². The molecule has 304 valence electrons. The van der Waals surface area contributed by atoms with Crippen molar-refractivity contribution in [3.8, 4) is 6.01 Å². The van der Waals surface area contributed by atoms with Crippen molar-refractivity contribution in [2.24, 2.45) is 5.92 Å². The zero-order valence-electron chi connectivity index (χ0n) is 33.6. The van der Waals surface area contributed by atoms with E-state index in [4.69, 9.17) is 9.72 Å². The van der Waals surface area contributed by atoms with Gasteiger partial charge < -0.3 is 19.9 Å². The lowest BCUT2D eigenvalue weighted by molar-refractivity contribution is -0.136. The van der Waals surface area contributed by atoms with Crippen LogP contribution in [0.3, 0.4) is 0 Å². The largest absolute Gasteiger partial charge is 0.463 e. The molecule has 1 atom stereocenters. The summed E-state index contributed by atoms with van der Waals surface area (Å²) in [7, 11) is -3.60. The zero-order chi connectivity index (χ0) is 40.5. The smallest absolute Gasteiger partial charge is 0.318 e. The van der Waals surface area contributed by atoms with Gasteiger partial charge in [-0.2, -0.15) is 15.1 Å². The van der Waals surface area contributed by atoms with Crippen LogP contribution in [0.15, 0.2) is 41.3 Å². The third-order valence-electron chi connectivity index (χ3n) is 11.8. The van der Waals surface area contributed by atoms with Gasteiger partial charge in [0.25, 0.3) is 5.91 Å². The number of unbranched alkanes of at least 4 members (excludes halogenated alkanes) is 3. The van der Waals surface area contributed by atoms with Crippen LogP contribution < -0.4 is 15.4 Å². The van der Waals surface area contributed by atoms with Crippen molar-refractivity contribution in [3.63, 3.8) is 0 Å². The number of amides is 3. The average molecular weight is 799 g/mol. The molecule has 5 heterocycles. The minimum atomic E-state index is -3.60. The standard InChI is InChI=1S/C42H54N8O6S/c1-26-27(2)47-48-37(26)45-38-32-23-30(57(54,55)42(3,4)5)14-15-34(32)43-41(46-38)56-25-28-18-21-49(22-19-28)20-9-7-6-8-11-29-12-10-13-31-33(29)24-50(40(31)53)35-16-17-36(51)44-39(35)52/h10,12-15,23,28,35H,6-9,11,16-22,24-25H2,1-5H3,(H,44,51,52)(H2,43,45,46,47,48)/t35-/m0/s1. The average Bonchev–Trinajstić information content (AvgIpc) is 3.68. The summed E-state index contributed by atoms with van der Waals surface area (Å²) in [5.74, 6) is 0.631. The molecule has 3 aliphatic heterocycles. The number of hydrogen-bond donors (Lipinski definition) is 3. The maximum atomic E-state index is 13.3. The summed E-state index contributed by atoms with van der Waals surface area (Å²) < 4.78 is 31.9. The van der Waals surface area contributed by atoms with E-state index in [1.165, 1.54) is 5.56 Å². The van der Waals surface area contributed by atoms with Gasteiger partial charge in [-0.25, -0.2) is 8.42 Å². The highest BCUT2D eigenvalue weighted by atomic mass is 32.2. The second-order valence-corrected chi connectivity index (χ2v) is 19.4. The van der Waals surface area contributed by atoms with E-state index in [-0.39, 0.29) is 35.0 Å². The van der Waals surface area contributed by atoms with Crippen LogP contribution in [0.25, 0.3) is 10.9 Å². The van der Waals surface area contributed by atoms with Gasteiger partial charge in [0.15, 0.2) is 15.7 Å². The van der Waals surface area contributed by atoms with E-state index in [1.807, 2.05) is 26.0 Å². The van der Waals surface area contributed by atoms with Crippen LogP contribution in [0.2, 0.25) is 0 Å². The maximum Gasteiger partial charge on any atom is 0.318 e. The molecule has 0 unspecified atom stereocenters. The summed E-state index contributed by atoms with van der Waals surface area (Å²) in [5, 5.41) is 13.6. The summed E-state index contributed by atoms with van der Waals surface area (Å²) in [6.07, 6.45) is 7.96. The molecule has 0 saturated carbocycles. The normalized spacial score (nSPS) is 18.3. The number of carbonyl (C=O) groups is 3. The Morgan fingerprint density at radius 3 is 2.44 bits per heavy atom. The molecule has 2 aromatic heterocycles. The van der Waals surface area contributed by atoms with Crippen molar-refractivity contribution < 1.29 is 27.5 Å². The number of benzene rings is 2. The van der Waals surface area contributed by atoms with E-state index >= 15 is 0 Å². The second-order valence-electron chi connectivity index (χ2n) is 16.7. The summed E-state index contributed by atoms with van der Waals surface area (Å²) in [6.45, 7) is 12.9. The van der Waals surface area contributed by atoms with E-state index < -0.39 is 20.6 Å². The Labute approximate surface area is 334 Å². The van der Waals surface area contributed by atoms with Crippen molar-refractivity contribution in [1.29, 1.82) is 0 Å². The zero-order valence-corrected chi connectivity index (χ0v) is 34.4. The molecular weight excluding hydrogens is 745 g/mol. The number of H-pyrrole nitrogens is 1. The van der Waals surface area contributed by atoms with Crippen molar-refractivity contribution in [2.45, 2.75) is 115 Å². The molecule has 57 heavy (non-hydrogen) atoms. The van der Waals surface area contributed by atoms with E-state index in [0.29, 0.717) is 53.6 Å². The Hall–Kier alpha value is -4.89. The van der Waals surface area contributed by atoms with Gasteiger partial charge in [0.05, 0.1) is 21.8 Å². The van der Waals surface area contributed by atoms with Crippen LogP contribution in [-0.2, 0) is 32.4 Å². The lowest BCUT2D eigenvalue weighted by atomic mass is 9.97. The number of fused-ring (bicyclic) bond motifs is 2. The lowest BCUT2D eigenvalue weighted by Gasteiger charge is -2.31. The van der Waals surface area contributed by atoms with Crippen molar-refractivity contribution in [1.82, 2.24) is 35.3 Å². The van der Waals surface area contributed by atoms with Gasteiger partial charge in [-0.3, -0.25) is 24.8 Å². The number of sulfone groups is 1. The first-order chi connectivity index (χ1) is 27.2. The van der Waals surface area contributed by atoms with Crippen molar-refractivity contribution in [3.05, 3.63) is 64.3 Å². The van der Waals surface area contributed by atoms with Gasteiger partial charge in [0.2, 0.25) is 11.8 Å². The molecule has 0 radical (unpaired) electrons. The number of aromatic nitrogens is 4. The Morgan fingerprint density at radius 1 is 0.947 bits per heavy atom. The number of aromatic amines is 1. The molecule has 7 rings (SSSR count). The fraction of sp³-hybridized carbons (Fsp3) is 0.524. The molecule has 3 N–H and O–H groups in total. The van der Waals surface area contributed by atoms with Crippen LogP contribution in [0.5, 0.6) is 6.01 Å². The topological polar surface area (TPSA) is 180 Å². The Kier molecular flexibility index (Phi) is 11.7. The number of rotatable bonds is 14. The monoisotopic (exact) mass is 798 g/mol. The van der Waals surface area contributed by atoms with Crippen molar-refractivity contribution >= 4 is 50.1 Å². The first kappa shape index (κ1) is 40.3. The number of likely N-dealkylation sites (tertiary alicyclic amines) is 1. The number of nitrogens with zero attached hydrogens (tertiary/aromatic N) is 5. The second kappa shape index (κ2) is 16.5. The molecule has 2 fully saturated rings. The van der Waals surface area contributed by atoms with Crippen LogP contribution >= 0.6 is 0 Å². The fourth-order valence-electron chi connectivity index (χ4n) is 7.94. The van der Waals surface area contributed by atoms with Crippen molar-refractivity contribution in [2.75, 3.05) is 31.6 Å². The number of nitrogens with one attached hydrogen (secondary N) is 3. The predicted octanol–water partition coefficient (Wildman–Crippen LogP) is 5.94. The van der Waals surface area contributed by atoms with Gasteiger partial charge in [-0.1, -0.05) is 25.0 Å². The third kappa shape index (κ3) is 8.69. The molecule has 2 aromatic carbocycles. The molecule has 3 aliphatic rings. The van der Waals surface area contributed by atoms with Crippen LogP contribution in [0.4, 0.5) is 11.6 Å². The molecule has 14 nitrogen and oxygen atoms in total. The maximum absolute atomic E-state index is 13.3. The summed E-state index contributed by atoms with van der Waals surface area (Å²) in [6, 6.07) is 10.5. The number of anilines is 2. The number of hydrogen-bond acceptors (Lipinski definition) is 11. The number of aryl methyl sites for hydroxylation is 2.